The zero-order chi connectivity index (χ0) is 8.59. The van der Waals surface area contributed by atoms with Gasteiger partial charge in [-0.05, 0) is 0 Å². The third kappa shape index (κ3) is 1.41. The summed E-state index contributed by atoms with van der Waals surface area (Å²) >= 11 is 0. The molecule has 11 heavy (non-hydrogen) atoms. The average molecular weight is 161 g/mol. The fraction of sp³-hybridized carbons (Fsp3) is 0.833. The average Bonchev–Trinajstić information content (AvgIpc) is 1.97. The number of Topliss-reactive ketones (excluding diaryl/α,β-unsaturated/α-hetero) is 1. The molecule has 4 unspecified atom stereocenters. The first kappa shape index (κ1) is 8.61. The fourth-order valence-electron chi connectivity index (χ4n) is 1.11. The number of hydrogen-bond donors (Lipinski definition) is 4. The van der Waals surface area contributed by atoms with Crippen LogP contribution in [0.3, 0.4) is 0 Å². The number of aliphatic hydroxyl groups is 3. The second-order valence-electron chi connectivity index (χ2n) is 2.75. The van der Waals surface area contributed by atoms with Gasteiger partial charge in [0, 0.05) is 6.42 Å². The number of carbonyl (C=O) groups is 1. The van der Waals surface area contributed by atoms with E-state index < -0.39 is 30.1 Å². The molecule has 5 nitrogen and oxygen atoms in total. The van der Waals surface area contributed by atoms with E-state index in [9.17, 15) is 4.79 Å². The van der Waals surface area contributed by atoms with Gasteiger partial charge in [-0.2, -0.15) is 0 Å². The summed E-state index contributed by atoms with van der Waals surface area (Å²) in [7, 11) is 0. The van der Waals surface area contributed by atoms with Crippen molar-refractivity contribution < 1.29 is 20.1 Å². The van der Waals surface area contributed by atoms with Gasteiger partial charge >= 0.3 is 0 Å². The lowest BCUT2D eigenvalue weighted by molar-refractivity contribution is -0.142. The van der Waals surface area contributed by atoms with Gasteiger partial charge in [0.2, 0.25) is 0 Å². The van der Waals surface area contributed by atoms with Gasteiger partial charge in [-0.1, -0.05) is 0 Å². The molecule has 0 aromatic carbocycles. The van der Waals surface area contributed by atoms with Crippen molar-refractivity contribution in [1.82, 2.24) is 0 Å². The van der Waals surface area contributed by atoms with Crippen molar-refractivity contribution in [1.29, 1.82) is 0 Å². The van der Waals surface area contributed by atoms with Gasteiger partial charge in [-0.3, -0.25) is 4.79 Å². The van der Waals surface area contributed by atoms with Crippen LogP contribution >= 0.6 is 0 Å². The molecule has 1 aliphatic rings. The van der Waals surface area contributed by atoms with E-state index in [2.05, 4.69) is 0 Å². The maximum atomic E-state index is 10.8. The van der Waals surface area contributed by atoms with Gasteiger partial charge in [0.15, 0.2) is 5.78 Å². The lowest BCUT2D eigenvalue weighted by Crippen LogP contribution is -2.58. The molecular weight excluding hydrogens is 150 g/mol. The number of carbonyl (C=O) groups excluding carboxylic acids is 1. The van der Waals surface area contributed by atoms with Crippen LogP contribution in [0.1, 0.15) is 6.42 Å². The Morgan fingerprint density at radius 2 is 1.91 bits per heavy atom. The van der Waals surface area contributed by atoms with Crippen LogP contribution in [-0.4, -0.2) is 45.5 Å². The number of nitrogens with two attached hydrogens (primary N) is 1. The van der Waals surface area contributed by atoms with E-state index in [-0.39, 0.29) is 6.42 Å². The molecule has 0 heterocycles. The minimum Gasteiger partial charge on any atom is -0.390 e. The zero-order valence-corrected chi connectivity index (χ0v) is 5.84. The van der Waals surface area contributed by atoms with Crippen LogP contribution < -0.4 is 5.73 Å². The van der Waals surface area contributed by atoms with Gasteiger partial charge in [0.25, 0.3) is 0 Å². The van der Waals surface area contributed by atoms with Crippen LogP contribution in [0.2, 0.25) is 0 Å². The van der Waals surface area contributed by atoms with E-state index in [0.29, 0.717) is 0 Å². The van der Waals surface area contributed by atoms with E-state index in [0.717, 1.165) is 0 Å². The molecule has 64 valence electrons. The van der Waals surface area contributed by atoms with Crippen LogP contribution in [0.25, 0.3) is 0 Å². The Morgan fingerprint density at radius 3 is 2.45 bits per heavy atom. The first-order valence-corrected chi connectivity index (χ1v) is 3.36. The van der Waals surface area contributed by atoms with E-state index in [1.807, 2.05) is 0 Å². The van der Waals surface area contributed by atoms with Crippen molar-refractivity contribution in [3.05, 3.63) is 0 Å². The molecule has 0 aliphatic heterocycles. The molecule has 4 atom stereocenters. The first-order valence-electron chi connectivity index (χ1n) is 3.36. The summed E-state index contributed by atoms with van der Waals surface area (Å²) in [5.41, 5.74) is 5.22. The molecule has 0 radical (unpaired) electrons. The zero-order valence-electron chi connectivity index (χ0n) is 5.84. The molecule has 0 bridgehead atoms. The van der Waals surface area contributed by atoms with Gasteiger partial charge < -0.3 is 21.1 Å². The standard InChI is InChI=1S/C6H11NO4/c7-4-5(10)2(8)1-3(9)6(4)11/h2,4-6,8,10-11H,1,7H2. The Bertz CT molecular complexity index is 172. The normalized spacial score (nSPS) is 46.0. The maximum absolute atomic E-state index is 10.8. The first-order chi connectivity index (χ1) is 5.04. The smallest absolute Gasteiger partial charge is 0.165 e. The molecule has 0 saturated heterocycles. The topological polar surface area (TPSA) is 104 Å². The van der Waals surface area contributed by atoms with Crippen molar-refractivity contribution in [2.24, 2.45) is 5.73 Å². The van der Waals surface area contributed by atoms with Crippen LogP contribution in [0.4, 0.5) is 0 Å². The SMILES string of the molecule is NC1C(O)C(=O)CC(O)C1O. The Labute approximate surface area is 63.4 Å². The largest absolute Gasteiger partial charge is 0.390 e. The molecule has 0 spiro atoms. The van der Waals surface area contributed by atoms with E-state index in [1.54, 1.807) is 0 Å². The highest BCUT2D eigenvalue weighted by Crippen LogP contribution is 2.15. The fourth-order valence-corrected chi connectivity index (χ4v) is 1.11. The van der Waals surface area contributed by atoms with Crippen LogP contribution in [0.5, 0.6) is 0 Å². The van der Waals surface area contributed by atoms with Gasteiger partial charge in [-0.25, -0.2) is 0 Å². The molecule has 0 aromatic rings. The van der Waals surface area contributed by atoms with Gasteiger partial charge in [0.1, 0.15) is 6.10 Å². The highest BCUT2D eigenvalue weighted by molar-refractivity contribution is 5.85. The summed E-state index contributed by atoms with van der Waals surface area (Å²) in [5, 5.41) is 27.0. The molecule has 5 N–H and O–H groups in total. The number of aliphatic hydroxyl groups excluding tert-OH is 3. The third-order valence-corrected chi connectivity index (χ3v) is 1.89. The molecule has 5 heteroatoms. The number of hydrogen-bond acceptors (Lipinski definition) is 5. The molecule has 1 aliphatic carbocycles. The maximum Gasteiger partial charge on any atom is 0.165 e. The number of rotatable bonds is 0. The summed E-state index contributed by atoms with van der Waals surface area (Å²) in [5.74, 6) is -0.518. The summed E-state index contributed by atoms with van der Waals surface area (Å²) in [6, 6.07) is -1.06. The predicted octanol–water partition coefficient (Wildman–Crippen LogP) is -2.63. The highest BCUT2D eigenvalue weighted by Gasteiger charge is 2.39. The molecule has 0 aromatic heterocycles. The minimum absolute atomic E-state index is 0.226. The predicted molar refractivity (Wildman–Crippen MR) is 35.6 cm³/mol. The van der Waals surface area contributed by atoms with Gasteiger partial charge in [0.05, 0.1) is 18.2 Å². The third-order valence-electron chi connectivity index (χ3n) is 1.89. The van der Waals surface area contributed by atoms with Crippen LogP contribution in [0.15, 0.2) is 0 Å². The van der Waals surface area contributed by atoms with Crippen molar-refractivity contribution in [3.8, 4) is 0 Å². The Morgan fingerprint density at radius 1 is 1.36 bits per heavy atom. The monoisotopic (exact) mass is 161 g/mol. The Hall–Kier alpha value is -0.490. The van der Waals surface area contributed by atoms with E-state index >= 15 is 0 Å². The molecule has 1 fully saturated rings. The summed E-state index contributed by atoms with van der Waals surface area (Å²) in [4.78, 5) is 10.8. The quantitative estimate of drug-likeness (QED) is 0.311. The van der Waals surface area contributed by atoms with E-state index in [1.165, 1.54) is 0 Å². The van der Waals surface area contributed by atoms with Crippen molar-refractivity contribution in [2.75, 3.05) is 0 Å². The number of ketones is 1. The van der Waals surface area contributed by atoms with Crippen molar-refractivity contribution in [2.45, 2.75) is 30.8 Å². The van der Waals surface area contributed by atoms with Crippen molar-refractivity contribution in [3.63, 3.8) is 0 Å². The molecule has 0 amide bonds. The van der Waals surface area contributed by atoms with Gasteiger partial charge in [-0.15, -0.1) is 0 Å². The van der Waals surface area contributed by atoms with Crippen LogP contribution in [0, 0.1) is 0 Å². The summed E-state index contributed by atoms with van der Waals surface area (Å²) in [6.45, 7) is 0. The Balaban J connectivity index is 2.70. The second kappa shape index (κ2) is 2.86. The summed E-state index contributed by atoms with van der Waals surface area (Å²) in [6.07, 6.45) is -3.91. The van der Waals surface area contributed by atoms with E-state index in [4.69, 9.17) is 21.1 Å². The van der Waals surface area contributed by atoms with Crippen LogP contribution in [-0.2, 0) is 4.79 Å². The highest BCUT2D eigenvalue weighted by atomic mass is 16.3. The molecule has 1 rings (SSSR count). The lowest BCUT2D eigenvalue weighted by atomic mass is 9.87. The second-order valence-corrected chi connectivity index (χ2v) is 2.75. The minimum atomic E-state index is -1.34. The Kier molecular flexibility index (Phi) is 2.24. The lowest BCUT2D eigenvalue weighted by Gasteiger charge is -2.31. The van der Waals surface area contributed by atoms with Crippen molar-refractivity contribution >= 4 is 5.78 Å². The summed E-state index contributed by atoms with van der Waals surface area (Å²) < 4.78 is 0. The molecular formula is C6H11NO4. The molecule has 1 saturated carbocycles.